The van der Waals surface area contributed by atoms with Crippen molar-refractivity contribution in [2.45, 2.75) is 12.1 Å². The number of hydrogen-bond acceptors (Lipinski definition) is 2. The lowest BCUT2D eigenvalue weighted by Gasteiger charge is -2.14. The third-order valence-corrected chi connectivity index (χ3v) is 1.75. The Bertz CT molecular complexity index is 354. The molecule has 0 aliphatic rings. The first-order chi connectivity index (χ1) is 6.68. The van der Waals surface area contributed by atoms with Gasteiger partial charge >= 0.3 is 6.18 Å². The van der Waals surface area contributed by atoms with Crippen LogP contribution in [0.25, 0.3) is 0 Å². The van der Waals surface area contributed by atoms with Crippen LogP contribution in [0, 0.1) is 0 Å². The minimum absolute atomic E-state index is 0.621. The van der Waals surface area contributed by atoms with Crippen molar-refractivity contribution >= 4 is 0 Å². The maximum Gasteiger partial charge on any atom is 0.435 e. The number of aromatic nitrogens is 2. The number of alkyl halides is 5. The van der Waals surface area contributed by atoms with E-state index in [1.807, 2.05) is 0 Å². The fourth-order valence-electron chi connectivity index (χ4n) is 1.08. The van der Waals surface area contributed by atoms with Crippen molar-refractivity contribution in [3.05, 3.63) is 17.5 Å². The molecule has 0 fully saturated rings. The summed E-state index contributed by atoms with van der Waals surface area (Å²) in [5.74, 6) is -3.72. The third-order valence-electron chi connectivity index (χ3n) is 1.75. The summed E-state index contributed by atoms with van der Waals surface area (Å²) in [6, 6.07) is 0. The van der Waals surface area contributed by atoms with Crippen LogP contribution in [0.3, 0.4) is 0 Å². The van der Waals surface area contributed by atoms with Crippen LogP contribution in [0.1, 0.15) is 11.3 Å². The lowest BCUT2D eigenvalue weighted by atomic mass is 10.1. The van der Waals surface area contributed by atoms with Crippen LogP contribution >= 0.6 is 0 Å². The maximum absolute atomic E-state index is 13.0. The van der Waals surface area contributed by atoms with E-state index in [0.29, 0.717) is 10.9 Å². The van der Waals surface area contributed by atoms with E-state index in [1.54, 1.807) is 0 Å². The molecule has 0 aliphatic carbocycles. The smallest absolute Gasteiger partial charge is 0.325 e. The van der Waals surface area contributed by atoms with E-state index in [0.717, 1.165) is 7.05 Å². The van der Waals surface area contributed by atoms with Gasteiger partial charge in [0, 0.05) is 13.2 Å². The van der Waals surface area contributed by atoms with E-state index in [9.17, 15) is 22.0 Å². The second-order valence-corrected chi connectivity index (χ2v) is 2.97. The standard InChI is InChI=1S/C7H8F5N3/c1-15-2-4(6(8,9)3-13)5(14-15)7(10,11)12/h2H,3,13H2,1H3. The highest BCUT2D eigenvalue weighted by molar-refractivity contribution is 5.25. The molecule has 0 spiro atoms. The lowest BCUT2D eigenvalue weighted by molar-refractivity contribution is -0.145. The highest BCUT2D eigenvalue weighted by Gasteiger charge is 2.45. The van der Waals surface area contributed by atoms with Gasteiger partial charge in [-0.05, 0) is 0 Å². The molecule has 1 rings (SSSR count). The van der Waals surface area contributed by atoms with Gasteiger partial charge in [0.05, 0.1) is 12.1 Å². The minimum Gasteiger partial charge on any atom is -0.325 e. The highest BCUT2D eigenvalue weighted by Crippen LogP contribution is 2.37. The molecule has 0 aliphatic heterocycles. The normalized spacial score (nSPS) is 13.3. The van der Waals surface area contributed by atoms with Crippen LogP contribution in [0.5, 0.6) is 0 Å². The molecule has 1 aromatic heterocycles. The van der Waals surface area contributed by atoms with E-state index in [1.165, 1.54) is 0 Å². The van der Waals surface area contributed by atoms with Gasteiger partial charge in [0.2, 0.25) is 0 Å². The largest absolute Gasteiger partial charge is 0.435 e. The van der Waals surface area contributed by atoms with E-state index in [4.69, 9.17) is 5.73 Å². The monoisotopic (exact) mass is 229 g/mol. The molecule has 0 saturated heterocycles. The van der Waals surface area contributed by atoms with E-state index in [-0.39, 0.29) is 0 Å². The lowest BCUT2D eigenvalue weighted by Crippen LogP contribution is -2.27. The zero-order valence-corrected chi connectivity index (χ0v) is 7.65. The molecule has 0 unspecified atom stereocenters. The van der Waals surface area contributed by atoms with E-state index in [2.05, 4.69) is 5.10 Å². The Hall–Kier alpha value is -1.18. The summed E-state index contributed by atoms with van der Waals surface area (Å²) in [6.07, 6.45) is -4.29. The zero-order valence-electron chi connectivity index (χ0n) is 7.65. The van der Waals surface area contributed by atoms with Crippen molar-refractivity contribution in [2.24, 2.45) is 12.8 Å². The van der Waals surface area contributed by atoms with Crippen LogP contribution in [0.2, 0.25) is 0 Å². The summed E-state index contributed by atoms with van der Waals surface area (Å²) in [6.45, 7) is -1.19. The average molecular weight is 229 g/mol. The molecule has 0 aromatic carbocycles. The molecule has 2 N–H and O–H groups in total. The van der Waals surface area contributed by atoms with Gasteiger partial charge < -0.3 is 5.73 Å². The molecule has 0 bridgehead atoms. The Morgan fingerprint density at radius 3 is 2.27 bits per heavy atom. The topological polar surface area (TPSA) is 43.8 Å². The number of aryl methyl sites for hydroxylation is 1. The first-order valence-corrected chi connectivity index (χ1v) is 3.87. The van der Waals surface area contributed by atoms with Crippen molar-refractivity contribution in [3.8, 4) is 0 Å². The van der Waals surface area contributed by atoms with Crippen LogP contribution in [0.15, 0.2) is 6.20 Å². The van der Waals surface area contributed by atoms with Gasteiger partial charge in [-0.3, -0.25) is 4.68 Å². The summed E-state index contributed by atoms with van der Waals surface area (Å²) in [7, 11) is 1.13. The second kappa shape index (κ2) is 3.44. The van der Waals surface area contributed by atoms with Crippen molar-refractivity contribution in [3.63, 3.8) is 0 Å². The SMILES string of the molecule is Cn1cc(C(F)(F)CN)c(C(F)(F)F)n1. The number of rotatable bonds is 2. The summed E-state index contributed by atoms with van der Waals surface area (Å²) < 4.78 is 63.5. The Kier molecular flexibility index (Phi) is 2.73. The molecule has 1 aromatic rings. The molecule has 3 nitrogen and oxygen atoms in total. The molecule has 15 heavy (non-hydrogen) atoms. The molecular weight excluding hydrogens is 221 g/mol. The molecule has 0 atom stereocenters. The molecule has 8 heteroatoms. The van der Waals surface area contributed by atoms with Crippen LogP contribution in [-0.2, 0) is 19.1 Å². The van der Waals surface area contributed by atoms with Gasteiger partial charge in [-0.15, -0.1) is 0 Å². The first kappa shape index (κ1) is 11.9. The second-order valence-electron chi connectivity index (χ2n) is 2.97. The quantitative estimate of drug-likeness (QED) is 0.781. The van der Waals surface area contributed by atoms with Crippen LogP contribution in [0.4, 0.5) is 22.0 Å². The van der Waals surface area contributed by atoms with Crippen molar-refractivity contribution in [1.82, 2.24) is 9.78 Å². The minimum atomic E-state index is -4.91. The van der Waals surface area contributed by atoms with Gasteiger partial charge in [0.15, 0.2) is 5.69 Å². The molecular formula is C7H8F5N3. The molecule has 86 valence electrons. The molecule has 0 radical (unpaired) electrons. The Labute approximate surface area is 81.7 Å². The van der Waals surface area contributed by atoms with E-state index >= 15 is 0 Å². The first-order valence-electron chi connectivity index (χ1n) is 3.87. The summed E-state index contributed by atoms with van der Waals surface area (Å²) in [4.78, 5) is 0. The van der Waals surface area contributed by atoms with Gasteiger partial charge in [-0.2, -0.15) is 27.1 Å². The number of halogens is 5. The van der Waals surface area contributed by atoms with Gasteiger partial charge in [-0.1, -0.05) is 0 Å². The Balaban J connectivity index is 3.30. The number of hydrogen-bond donors (Lipinski definition) is 1. The summed E-state index contributed by atoms with van der Waals surface area (Å²) in [5.41, 5.74) is 1.91. The van der Waals surface area contributed by atoms with Gasteiger partial charge in [0.25, 0.3) is 5.92 Å². The zero-order chi connectivity index (χ0) is 11.9. The summed E-state index contributed by atoms with van der Waals surface area (Å²) in [5, 5.41) is 2.95. The third kappa shape index (κ3) is 2.25. The molecule has 0 saturated carbocycles. The van der Waals surface area contributed by atoms with Crippen LogP contribution < -0.4 is 5.73 Å². The van der Waals surface area contributed by atoms with Crippen molar-refractivity contribution in [2.75, 3.05) is 6.54 Å². The van der Waals surface area contributed by atoms with Crippen LogP contribution in [-0.4, -0.2) is 16.3 Å². The average Bonchev–Trinajstić information content (AvgIpc) is 2.47. The fourth-order valence-corrected chi connectivity index (χ4v) is 1.08. The number of nitrogens with zero attached hydrogens (tertiary/aromatic N) is 2. The predicted molar refractivity (Wildman–Crippen MR) is 41.2 cm³/mol. The van der Waals surface area contributed by atoms with Gasteiger partial charge in [0.1, 0.15) is 0 Å². The Morgan fingerprint density at radius 2 is 1.87 bits per heavy atom. The van der Waals surface area contributed by atoms with Gasteiger partial charge in [-0.25, -0.2) is 0 Å². The maximum atomic E-state index is 13.0. The highest BCUT2D eigenvalue weighted by atomic mass is 19.4. The van der Waals surface area contributed by atoms with E-state index < -0.39 is 29.9 Å². The predicted octanol–water partition coefficient (Wildman–Crippen LogP) is 1.49. The molecule has 0 amide bonds. The van der Waals surface area contributed by atoms with Crippen molar-refractivity contribution in [1.29, 1.82) is 0 Å². The van der Waals surface area contributed by atoms with Crippen molar-refractivity contribution < 1.29 is 22.0 Å². The fraction of sp³-hybridized carbons (Fsp3) is 0.571. The molecule has 1 heterocycles. The Morgan fingerprint density at radius 1 is 1.33 bits per heavy atom. The number of nitrogens with two attached hydrogens (primary N) is 1. The summed E-state index contributed by atoms with van der Waals surface area (Å²) >= 11 is 0.